The van der Waals surface area contributed by atoms with Crippen LogP contribution in [0.1, 0.15) is 16.4 Å². The molecule has 2 aromatic rings. The Bertz CT molecular complexity index is 372. The highest BCUT2D eigenvalue weighted by Crippen LogP contribution is 2.41. The molecule has 0 bridgehead atoms. The molecule has 0 saturated heterocycles. The number of hydrogen-bond donors (Lipinski definition) is 0. The van der Waals surface area contributed by atoms with Crippen LogP contribution < -0.4 is 0 Å². The lowest BCUT2D eigenvalue weighted by Crippen LogP contribution is -1.94. The Morgan fingerprint density at radius 1 is 0.750 bits per heavy atom. The fourth-order valence-corrected chi connectivity index (χ4v) is 3.63. The van der Waals surface area contributed by atoms with E-state index in [1.807, 2.05) is 21.6 Å². The second kappa shape index (κ2) is 6.02. The summed E-state index contributed by atoms with van der Waals surface area (Å²) >= 11 is 0. The van der Waals surface area contributed by atoms with Crippen molar-refractivity contribution in [3.63, 3.8) is 0 Å². The predicted octanol–water partition coefficient (Wildman–Crippen LogP) is 4.79. The van der Waals surface area contributed by atoms with Crippen molar-refractivity contribution in [2.45, 2.75) is 5.25 Å². The van der Waals surface area contributed by atoms with Gasteiger partial charge in [0.1, 0.15) is 0 Å². The molecule has 2 heteroatoms. The molecule has 0 saturated carbocycles. The fourth-order valence-electron chi connectivity index (χ4n) is 1.66. The normalized spacial score (nSPS) is 10.6. The van der Waals surface area contributed by atoms with E-state index in [2.05, 4.69) is 66.9 Å². The number of hydrogen-bond acceptors (Lipinski definition) is 2. The summed E-state index contributed by atoms with van der Waals surface area (Å²) < 4.78 is 0. The van der Waals surface area contributed by atoms with Gasteiger partial charge in [-0.05, 0) is 17.4 Å². The van der Waals surface area contributed by atoms with Gasteiger partial charge in [0.2, 0.25) is 0 Å². The van der Waals surface area contributed by atoms with Crippen molar-refractivity contribution in [3.8, 4) is 0 Å². The molecule has 0 spiro atoms. The van der Waals surface area contributed by atoms with E-state index in [4.69, 9.17) is 0 Å². The molecule has 0 atom stereocenters. The second-order valence-electron chi connectivity index (χ2n) is 3.46. The quantitative estimate of drug-likeness (QED) is 0.712. The zero-order chi connectivity index (χ0) is 11.2. The minimum absolute atomic E-state index is 0.428. The molecule has 0 fully saturated rings. The molecule has 0 unspecified atom stereocenters. The monoisotopic (exact) mass is 246 g/mol. The topological polar surface area (TPSA) is 0 Å². The minimum atomic E-state index is 0.428. The molecule has 0 nitrogen and oxygen atoms in total. The Balaban J connectivity index is 2.31. The van der Waals surface area contributed by atoms with Crippen LogP contribution in [0, 0.1) is 0 Å². The van der Waals surface area contributed by atoms with Crippen LogP contribution in [-0.4, -0.2) is 6.26 Å². The molecular weight excluding hydrogens is 232 g/mol. The zero-order valence-electron chi connectivity index (χ0n) is 9.17. The zero-order valence-corrected chi connectivity index (χ0v) is 10.8. The second-order valence-corrected chi connectivity index (χ2v) is 6.04. The van der Waals surface area contributed by atoms with E-state index in [1.165, 1.54) is 11.1 Å². The molecule has 0 heterocycles. The molecule has 0 aromatic heterocycles. The van der Waals surface area contributed by atoms with Gasteiger partial charge in [0.05, 0.1) is 5.25 Å². The molecule has 0 N–H and O–H groups in total. The standard InChI is InChI=1S/C14H14S2/c1-15-16-14(12-8-4-2-5-9-12)13-10-6-3-7-11-13/h2-11,14H,1H3. The first-order valence-corrected chi connectivity index (χ1v) is 7.83. The summed E-state index contributed by atoms with van der Waals surface area (Å²) in [5.74, 6) is 0. The Morgan fingerprint density at radius 2 is 1.19 bits per heavy atom. The van der Waals surface area contributed by atoms with Crippen molar-refractivity contribution < 1.29 is 0 Å². The highest BCUT2D eigenvalue weighted by Gasteiger charge is 2.13. The maximum absolute atomic E-state index is 2.20. The van der Waals surface area contributed by atoms with Crippen molar-refractivity contribution in [1.82, 2.24) is 0 Å². The Morgan fingerprint density at radius 3 is 1.56 bits per heavy atom. The van der Waals surface area contributed by atoms with Crippen LogP contribution in [0.2, 0.25) is 0 Å². The van der Waals surface area contributed by atoms with E-state index in [0.717, 1.165) is 0 Å². The van der Waals surface area contributed by atoms with Crippen LogP contribution in [0.15, 0.2) is 60.7 Å². The van der Waals surface area contributed by atoms with Crippen LogP contribution in [0.4, 0.5) is 0 Å². The molecule has 0 aliphatic heterocycles. The van der Waals surface area contributed by atoms with Crippen LogP contribution in [-0.2, 0) is 0 Å². The van der Waals surface area contributed by atoms with E-state index in [0.29, 0.717) is 5.25 Å². The average molecular weight is 246 g/mol. The van der Waals surface area contributed by atoms with Gasteiger partial charge in [0, 0.05) is 0 Å². The Labute approximate surface area is 105 Å². The van der Waals surface area contributed by atoms with Crippen molar-refractivity contribution >= 4 is 21.6 Å². The Hall–Kier alpha value is -0.860. The first-order chi connectivity index (χ1) is 7.92. The van der Waals surface area contributed by atoms with E-state index in [1.54, 1.807) is 0 Å². The third-order valence-electron chi connectivity index (χ3n) is 2.40. The van der Waals surface area contributed by atoms with Gasteiger partial charge in [-0.1, -0.05) is 82.3 Å². The van der Waals surface area contributed by atoms with Gasteiger partial charge in [-0.3, -0.25) is 0 Å². The van der Waals surface area contributed by atoms with Crippen LogP contribution in [0.5, 0.6) is 0 Å². The molecular formula is C14H14S2. The summed E-state index contributed by atoms with van der Waals surface area (Å²) in [6, 6.07) is 21.3. The van der Waals surface area contributed by atoms with Crippen molar-refractivity contribution in [2.75, 3.05) is 6.26 Å². The Kier molecular flexibility index (Phi) is 4.37. The summed E-state index contributed by atoms with van der Waals surface area (Å²) in [5, 5.41) is 0.428. The molecule has 82 valence electrons. The van der Waals surface area contributed by atoms with Crippen LogP contribution in [0.3, 0.4) is 0 Å². The predicted molar refractivity (Wildman–Crippen MR) is 75.8 cm³/mol. The lowest BCUT2D eigenvalue weighted by atomic mass is 10.0. The molecule has 16 heavy (non-hydrogen) atoms. The van der Waals surface area contributed by atoms with Crippen molar-refractivity contribution in [2.24, 2.45) is 0 Å². The van der Waals surface area contributed by atoms with Gasteiger partial charge in [-0.15, -0.1) is 0 Å². The number of benzene rings is 2. The lowest BCUT2D eigenvalue weighted by molar-refractivity contribution is 1.16. The minimum Gasteiger partial charge on any atom is -0.0966 e. The summed E-state index contributed by atoms with van der Waals surface area (Å²) in [4.78, 5) is 0. The number of rotatable bonds is 4. The molecule has 0 amide bonds. The van der Waals surface area contributed by atoms with E-state index in [-0.39, 0.29) is 0 Å². The molecule has 0 radical (unpaired) electrons. The smallest absolute Gasteiger partial charge is 0.0650 e. The van der Waals surface area contributed by atoms with Crippen LogP contribution >= 0.6 is 21.6 Å². The summed E-state index contributed by atoms with van der Waals surface area (Å²) in [5.41, 5.74) is 2.74. The van der Waals surface area contributed by atoms with Gasteiger partial charge in [0.15, 0.2) is 0 Å². The van der Waals surface area contributed by atoms with Crippen molar-refractivity contribution in [3.05, 3.63) is 71.8 Å². The first kappa shape index (κ1) is 11.6. The highest BCUT2D eigenvalue weighted by molar-refractivity contribution is 8.76. The van der Waals surface area contributed by atoms with Gasteiger partial charge >= 0.3 is 0 Å². The van der Waals surface area contributed by atoms with Gasteiger partial charge < -0.3 is 0 Å². The van der Waals surface area contributed by atoms with Crippen molar-refractivity contribution in [1.29, 1.82) is 0 Å². The van der Waals surface area contributed by atoms with E-state index < -0.39 is 0 Å². The average Bonchev–Trinajstić information content (AvgIpc) is 2.38. The van der Waals surface area contributed by atoms with E-state index in [9.17, 15) is 0 Å². The molecule has 0 aliphatic rings. The largest absolute Gasteiger partial charge is 0.0966 e. The maximum atomic E-state index is 2.20. The summed E-state index contributed by atoms with van der Waals surface area (Å²) in [6.45, 7) is 0. The summed E-state index contributed by atoms with van der Waals surface area (Å²) in [7, 11) is 3.72. The molecule has 2 aromatic carbocycles. The lowest BCUT2D eigenvalue weighted by Gasteiger charge is -2.15. The maximum Gasteiger partial charge on any atom is 0.0650 e. The molecule has 0 aliphatic carbocycles. The fraction of sp³-hybridized carbons (Fsp3) is 0.143. The third-order valence-corrected chi connectivity index (χ3v) is 4.48. The van der Waals surface area contributed by atoms with Gasteiger partial charge in [-0.25, -0.2) is 0 Å². The SMILES string of the molecule is CSSC(c1ccccc1)c1ccccc1. The summed E-state index contributed by atoms with van der Waals surface area (Å²) in [6.07, 6.45) is 2.13. The highest BCUT2D eigenvalue weighted by atomic mass is 33.1. The van der Waals surface area contributed by atoms with Crippen LogP contribution in [0.25, 0.3) is 0 Å². The van der Waals surface area contributed by atoms with E-state index >= 15 is 0 Å². The molecule has 2 rings (SSSR count). The van der Waals surface area contributed by atoms with Gasteiger partial charge in [0.25, 0.3) is 0 Å². The first-order valence-electron chi connectivity index (χ1n) is 5.21. The van der Waals surface area contributed by atoms with Gasteiger partial charge in [-0.2, -0.15) is 0 Å². The third kappa shape index (κ3) is 2.83.